The molecule has 0 aromatic carbocycles. The van der Waals surface area contributed by atoms with E-state index in [-0.39, 0.29) is 0 Å². The van der Waals surface area contributed by atoms with Gasteiger partial charge in [-0.2, -0.15) is 0 Å². The number of nitrogens with one attached hydrogen (secondary N) is 1. The van der Waals surface area contributed by atoms with Crippen LogP contribution in [0.3, 0.4) is 0 Å². The number of hydrogen-bond donors (Lipinski definition) is 1. The van der Waals surface area contributed by atoms with Gasteiger partial charge < -0.3 is 14.6 Å². The number of aromatic nitrogens is 2. The molecule has 5 nitrogen and oxygen atoms in total. The number of hydrogen-bond acceptors (Lipinski definition) is 5. The molecule has 19 heavy (non-hydrogen) atoms. The average Bonchev–Trinajstić information content (AvgIpc) is 2.90. The fourth-order valence-corrected chi connectivity index (χ4v) is 1.75. The van der Waals surface area contributed by atoms with Crippen molar-refractivity contribution in [2.24, 2.45) is 0 Å². The summed E-state index contributed by atoms with van der Waals surface area (Å²) in [5.41, 5.74) is 0. The van der Waals surface area contributed by atoms with Gasteiger partial charge in [0.15, 0.2) is 0 Å². The zero-order chi connectivity index (χ0) is 13.8. The van der Waals surface area contributed by atoms with Gasteiger partial charge in [0.05, 0.1) is 12.8 Å². The molecule has 0 fully saturated rings. The summed E-state index contributed by atoms with van der Waals surface area (Å²) in [5, 5.41) is 3.08. The SMILES string of the molecule is CNc1cc(N(C)Cc2ccco2)nc(C(C)C)n1. The molecule has 5 heteroatoms. The van der Waals surface area contributed by atoms with Crippen LogP contribution in [0.5, 0.6) is 0 Å². The van der Waals surface area contributed by atoms with E-state index in [1.165, 1.54) is 0 Å². The van der Waals surface area contributed by atoms with Gasteiger partial charge in [0, 0.05) is 26.1 Å². The second-order valence-electron chi connectivity index (χ2n) is 4.81. The van der Waals surface area contributed by atoms with Crippen molar-refractivity contribution < 1.29 is 4.42 Å². The number of anilines is 2. The molecule has 0 bridgehead atoms. The molecule has 0 aliphatic rings. The van der Waals surface area contributed by atoms with Gasteiger partial charge in [-0.05, 0) is 12.1 Å². The Morgan fingerprint density at radius 3 is 2.74 bits per heavy atom. The molecular weight excluding hydrogens is 240 g/mol. The lowest BCUT2D eigenvalue weighted by Gasteiger charge is -2.19. The van der Waals surface area contributed by atoms with Crippen LogP contribution in [0.2, 0.25) is 0 Å². The van der Waals surface area contributed by atoms with Crippen LogP contribution in [0.15, 0.2) is 28.9 Å². The van der Waals surface area contributed by atoms with Gasteiger partial charge in [-0.25, -0.2) is 9.97 Å². The Labute approximate surface area is 113 Å². The van der Waals surface area contributed by atoms with Crippen LogP contribution in [0.4, 0.5) is 11.6 Å². The average molecular weight is 260 g/mol. The molecule has 0 atom stereocenters. The molecule has 0 aliphatic heterocycles. The number of furan rings is 1. The van der Waals surface area contributed by atoms with E-state index in [0.29, 0.717) is 12.5 Å². The zero-order valence-corrected chi connectivity index (χ0v) is 11.8. The molecule has 2 aromatic heterocycles. The summed E-state index contributed by atoms with van der Waals surface area (Å²) in [5.74, 6) is 3.77. The van der Waals surface area contributed by atoms with Crippen LogP contribution in [0.1, 0.15) is 31.4 Å². The molecule has 2 rings (SSSR count). The Hall–Kier alpha value is -2.04. The van der Waals surface area contributed by atoms with Crippen LogP contribution in [0.25, 0.3) is 0 Å². The standard InChI is InChI=1S/C14H20N4O/c1-10(2)14-16-12(15-3)8-13(17-14)18(4)9-11-6-5-7-19-11/h5-8,10H,9H2,1-4H3,(H,15,16,17). The van der Waals surface area contributed by atoms with Crippen molar-refractivity contribution in [2.45, 2.75) is 26.3 Å². The maximum absolute atomic E-state index is 5.36. The van der Waals surface area contributed by atoms with Gasteiger partial charge >= 0.3 is 0 Å². The van der Waals surface area contributed by atoms with Crippen molar-refractivity contribution in [3.8, 4) is 0 Å². The van der Waals surface area contributed by atoms with Crippen LogP contribution >= 0.6 is 0 Å². The van der Waals surface area contributed by atoms with Crippen LogP contribution in [0, 0.1) is 0 Å². The summed E-state index contributed by atoms with van der Waals surface area (Å²) in [6.45, 7) is 4.86. The first-order valence-electron chi connectivity index (χ1n) is 6.40. The number of nitrogens with zero attached hydrogens (tertiary/aromatic N) is 3. The lowest BCUT2D eigenvalue weighted by atomic mass is 10.2. The van der Waals surface area contributed by atoms with Gasteiger partial charge in [-0.1, -0.05) is 13.8 Å². The molecule has 0 saturated heterocycles. The summed E-state index contributed by atoms with van der Waals surface area (Å²) < 4.78 is 5.36. The first-order chi connectivity index (χ1) is 9.10. The molecule has 0 amide bonds. The van der Waals surface area contributed by atoms with Gasteiger partial charge in [-0.3, -0.25) is 0 Å². The third-order valence-corrected chi connectivity index (χ3v) is 2.87. The lowest BCUT2D eigenvalue weighted by molar-refractivity contribution is 0.506. The predicted octanol–water partition coefficient (Wildman–Crippen LogP) is 2.87. The quantitative estimate of drug-likeness (QED) is 0.895. The highest BCUT2D eigenvalue weighted by Gasteiger charge is 2.11. The van der Waals surface area contributed by atoms with Crippen LogP contribution in [-0.2, 0) is 6.54 Å². The zero-order valence-electron chi connectivity index (χ0n) is 11.8. The normalized spacial score (nSPS) is 10.8. The van der Waals surface area contributed by atoms with E-state index in [4.69, 9.17) is 4.42 Å². The number of rotatable bonds is 5. The van der Waals surface area contributed by atoms with Gasteiger partial charge in [0.25, 0.3) is 0 Å². The molecule has 0 spiro atoms. The van der Waals surface area contributed by atoms with E-state index < -0.39 is 0 Å². The Kier molecular flexibility index (Phi) is 4.04. The van der Waals surface area contributed by atoms with Crippen molar-refractivity contribution in [3.63, 3.8) is 0 Å². The Morgan fingerprint density at radius 1 is 1.37 bits per heavy atom. The first kappa shape index (κ1) is 13.4. The summed E-state index contributed by atoms with van der Waals surface area (Å²) in [4.78, 5) is 11.1. The van der Waals surface area contributed by atoms with E-state index in [0.717, 1.165) is 23.2 Å². The minimum Gasteiger partial charge on any atom is -0.467 e. The van der Waals surface area contributed by atoms with Crippen molar-refractivity contribution in [3.05, 3.63) is 36.0 Å². The third-order valence-electron chi connectivity index (χ3n) is 2.87. The summed E-state index contributed by atoms with van der Waals surface area (Å²) >= 11 is 0. The Bertz CT molecular complexity index is 522. The highest BCUT2D eigenvalue weighted by Crippen LogP contribution is 2.20. The maximum atomic E-state index is 5.36. The van der Waals surface area contributed by atoms with E-state index in [1.54, 1.807) is 6.26 Å². The molecule has 0 saturated carbocycles. The fourth-order valence-electron chi connectivity index (χ4n) is 1.75. The second-order valence-corrected chi connectivity index (χ2v) is 4.81. The van der Waals surface area contributed by atoms with E-state index in [2.05, 4.69) is 29.1 Å². The molecule has 0 aliphatic carbocycles. The van der Waals surface area contributed by atoms with Crippen molar-refractivity contribution in [1.82, 2.24) is 9.97 Å². The lowest BCUT2D eigenvalue weighted by Crippen LogP contribution is -2.19. The molecular formula is C14H20N4O. The molecule has 2 aromatic rings. The maximum Gasteiger partial charge on any atom is 0.135 e. The summed E-state index contributed by atoms with van der Waals surface area (Å²) in [6.07, 6.45) is 1.68. The predicted molar refractivity (Wildman–Crippen MR) is 76.5 cm³/mol. The molecule has 0 radical (unpaired) electrons. The molecule has 102 valence electrons. The first-order valence-corrected chi connectivity index (χ1v) is 6.40. The highest BCUT2D eigenvalue weighted by molar-refractivity contribution is 5.49. The van der Waals surface area contributed by atoms with Crippen molar-refractivity contribution >= 4 is 11.6 Å². The molecule has 1 N–H and O–H groups in total. The minimum absolute atomic E-state index is 0.295. The van der Waals surface area contributed by atoms with E-state index in [1.807, 2.05) is 37.2 Å². The Morgan fingerprint density at radius 2 is 2.16 bits per heavy atom. The van der Waals surface area contributed by atoms with E-state index >= 15 is 0 Å². The van der Waals surface area contributed by atoms with Crippen molar-refractivity contribution in [2.75, 3.05) is 24.3 Å². The van der Waals surface area contributed by atoms with E-state index in [9.17, 15) is 0 Å². The molecule has 0 unspecified atom stereocenters. The minimum atomic E-state index is 0.295. The summed E-state index contributed by atoms with van der Waals surface area (Å²) in [7, 11) is 3.86. The topological polar surface area (TPSA) is 54.2 Å². The van der Waals surface area contributed by atoms with Gasteiger partial charge in [-0.15, -0.1) is 0 Å². The third kappa shape index (κ3) is 3.24. The largest absolute Gasteiger partial charge is 0.467 e. The monoisotopic (exact) mass is 260 g/mol. The highest BCUT2D eigenvalue weighted by atomic mass is 16.3. The smallest absolute Gasteiger partial charge is 0.135 e. The Balaban J connectivity index is 2.24. The van der Waals surface area contributed by atoms with Crippen LogP contribution < -0.4 is 10.2 Å². The second kappa shape index (κ2) is 5.73. The van der Waals surface area contributed by atoms with Gasteiger partial charge in [0.1, 0.15) is 23.2 Å². The van der Waals surface area contributed by atoms with Crippen molar-refractivity contribution in [1.29, 1.82) is 0 Å². The molecule has 2 heterocycles. The van der Waals surface area contributed by atoms with Crippen LogP contribution in [-0.4, -0.2) is 24.1 Å². The summed E-state index contributed by atoms with van der Waals surface area (Å²) in [6, 6.07) is 5.79. The fraction of sp³-hybridized carbons (Fsp3) is 0.429. The van der Waals surface area contributed by atoms with Gasteiger partial charge in [0.2, 0.25) is 0 Å².